The maximum Gasteiger partial charge on any atom is 0.271 e. The highest BCUT2D eigenvalue weighted by atomic mass is 32.1. The molecule has 0 atom stereocenters. The minimum absolute atomic E-state index is 0.146. The Bertz CT molecular complexity index is 823. The lowest BCUT2D eigenvalue weighted by atomic mass is 10.2. The van der Waals surface area contributed by atoms with E-state index in [-0.39, 0.29) is 5.91 Å². The second-order valence-corrected chi connectivity index (χ2v) is 7.35. The van der Waals surface area contributed by atoms with Crippen molar-refractivity contribution in [2.45, 2.75) is 33.4 Å². The van der Waals surface area contributed by atoms with Crippen molar-refractivity contribution < 1.29 is 4.79 Å². The van der Waals surface area contributed by atoms with E-state index in [2.05, 4.69) is 45.8 Å². The molecule has 3 aromatic rings. The molecule has 0 aliphatic heterocycles. The lowest BCUT2D eigenvalue weighted by molar-refractivity contribution is 0.0945. The lowest BCUT2D eigenvalue weighted by Gasteiger charge is -2.10. The van der Waals surface area contributed by atoms with Crippen molar-refractivity contribution in [3.63, 3.8) is 0 Å². The van der Waals surface area contributed by atoms with Crippen LogP contribution in [0.2, 0.25) is 0 Å². The van der Waals surface area contributed by atoms with Gasteiger partial charge in [0, 0.05) is 24.5 Å². The highest BCUT2D eigenvalue weighted by molar-refractivity contribution is 7.09. The first kappa shape index (κ1) is 17.4. The second kappa shape index (κ2) is 8.07. The van der Waals surface area contributed by atoms with Gasteiger partial charge in [-0.25, -0.2) is 9.97 Å². The third-order valence-corrected chi connectivity index (χ3v) is 4.62. The quantitative estimate of drug-likeness (QED) is 0.706. The number of aromatic nitrogens is 3. The van der Waals surface area contributed by atoms with Crippen LogP contribution in [0.1, 0.15) is 40.6 Å². The lowest BCUT2D eigenvalue weighted by Crippen LogP contribution is -2.24. The zero-order valence-corrected chi connectivity index (χ0v) is 15.3. The molecule has 1 aromatic carbocycles. The van der Waals surface area contributed by atoms with Gasteiger partial charge in [-0.3, -0.25) is 4.79 Å². The summed E-state index contributed by atoms with van der Waals surface area (Å²) in [4.78, 5) is 21.0. The van der Waals surface area contributed by atoms with Crippen molar-refractivity contribution in [3.05, 3.63) is 70.2 Å². The predicted molar refractivity (Wildman–Crippen MR) is 99.6 cm³/mol. The summed E-state index contributed by atoms with van der Waals surface area (Å²) in [5, 5.41) is 5.70. The molecular weight excluding hydrogens is 332 g/mol. The Morgan fingerprint density at radius 2 is 2.08 bits per heavy atom. The van der Waals surface area contributed by atoms with Crippen LogP contribution in [0.25, 0.3) is 0 Å². The zero-order valence-electron chi connectivity index (χ0n) is 14.5. The van der Waals surface area contributed by atoms with Crippen LogP contribution in [0.15, 0.2) is 48.2 Å². The predicted octanol–water partition coefficient (Wildman–Crippen LogP) is 3.52. The molecule has 3 rings (SSSR count). The van der Waals surface area contributed by atoms with E-state index in [4.69, 9.17) is 0 Å². The number of nitrogens with zero attached hydrogens (tertiary/aromatic N) is 3. The topological polar surface area (TPSA) is 59.8 Å². The number of thiazole rings is 1. The standard InChI is InChI=1S/C19H22N4OS/c1-14(2)11-23-13-20-9-16(23)10-21-19(24)17-12-25-18(22-17)8-15-6-4-3-5-7-15/h3-7,9,12-14H,8,10-11H2,1-2H3,(H,21,24). The molecule has 0 unspecified atom stereocenters. The van der Waals surface area contributed by atoms with Gasteiger partial charge < -0.3 is 9.88 Å². The van der Waals surface area contributed by atoms with Crippen LogP contribution in [-0.2, 0) is 19.5 Å². The maximum atomic E-state index is 12.3. The minimum Gasteiger partial charge on any atom is -0.345 e. The van der Waals surface area contributed by atoms with Crippen molar-refractivity contribution in [1.29, 1.82) is 0 Å². The smallest absolute Gasteiger partial charge is 0.271 e. The first-order valence-electron chi connectivity index (χ1n) is 8.37. The van der Waals surface area contributed by atoms with Gasteiger partial charge in [0.25, 0.3) is 5.91 Å². The zero-order chi connectivity index (χ0) is 17.6. The molecule has 6 heteroatoms. The number of carbonyl (C=O) groups is 1. The fourth-order valence-electron chi connectivity index (χ4n) is 2.58. The number of imidazole rings is 1. The molecule has 0 aliphatic carbocycles. The van der Waals surface area contributed by atoms with Gasteiger partial charge in [0.2, 0.25) is 0 Å². The Morgan fingerprint density at radius 3 is 2.84 bits per heavy atom. The van der Waals surface area contributed by atoms with Gasteiger partial charge in [-0.05, 0) is 11.5 Å². The highest BCUT2D eigenvalue weighted by Crippen LogP contribution is 2.15. The van der Waals surface area contributed by atoms with Gasteiger partial charge in [-0.2, -0.15) is 0 Å². The summed E-state index contributed by atoms with van der Waals surface area (Å²) in [7, 11) is 0. The van der Waals surface area contributed by atoms with E-state index in [0.717, 1.165) is 23.7 Å². The van der Waals surface area contributed by atoms with E-state index in [1.54, 1.807) is 6.20 Å². The molecule has 0 saturated heterocycles. The normalized spacial score (nSPS) is 11.0. The first-order valence-corrected chi connectivity index (χ1v) is 9.25. The molecule has 0 radical (unpaired) electrons. The average molecular weight is 354 g/mol. The Morgan fingerprint density at radius 1 is 1.28 bits per heavy atom. The van der Waals surface area contributed by atoms with Crippen molar-refractivity contribution in [1.82, 2.24) is 19.9 Å². The molecule has 1 amide bonds. The largest absolute Gasteiger partial charge is 0.345 e. The van der Waals surface area contributed by atoms with Crippen LogP contribution in [0, 0.1) is 5.92 Å². The number of carbonyl (C=O) groups excluding carboxylic acids is 1. The third-order valence-electron chi connectivity index (χ3n) is 3.77. The summed E-state index contributed by atoms with van der Waals surface area (Å²) in [6.07, 6.45) is 4.35. The molecule has 130 valence electrons. The van der Waals surface area contributed by atoms with E-state index in [0.29, 0.717) is 18.2 Å². The summed E-state index contributed by atoms with van der Waals surface area (Å²) in [6, 6.07) is 10.1. The molecule has 0 spiro atoms. The molecule has 2 aromatic heterocycles. The Kier molecular flexibility index (Phi) is 5.60. The van der Waals surface area contributed by atoms with Gasteiger partial charge in [-0.1, -0.05) is 44.2 Å². The fourth-order valence-corrected chi connectivity index (χ4v) is 3.39. The molecular formula is C19H22N4OS. The Balaban J connectivity index is 1.58. The molecule has 0 saturated carbocycles. The SMILES string of the molecule is CC(C)Cn1cncc1CNC(=O)c1csc(Cc2ccccc2)n1. The van der Waals surface area contributed by atoms with E-state index in [1.165, 1.54) is 16.9 Å². The Labute approximate surface area is 151 Å². The number of hydrogen-bond acceptors (Lipinski definition) is 4. The van der Waals surface area contributed by atoms with Gasteiger partial charge in [0.1, 0.15) is 5.69 Å². The van der Waals surface area contributed by atoms with Gasteiger partial charge >= 0.3 is 0 Å². The summed E-state index contributed by atoms with van der Waals surface area (Å²) < 4.78 is 2.08. The second-order valence-electron chi connectivity index (χ2n) is 6.40. The molecule has 0 bridgehead atoms. The van der Waals surface area contributed by atoms with Gasteiger partial charge in [0.15, 0.2) is 0 Å². The number of rotatable bonds is 7. The number of nitrogens with one attached hydrogen (secondary N) is 1. The van der Waals surface area contributed by atoms with Gasteiger partial charge in [-0.15, -0.1) is 11.3 Å². The average Bonchev–Trinajstić information content (AvgIpc) is 3.23. The Hall–Kier alpha value is -2.47. The number of amides is 1. The molecule has 2 heterocycles. The molecule has 5 nitrogen and oxygen atoms in total. The van der Waals surface area contributed by atoms with Crippen molar-refractivity contribution in [2.24, 2.45) is 5.92 Å². The van der Waals surface area contributed by atoms with Crippen LogP contribution in [0.3, 0.4) is 0 Å². The van der Waals surface area contributed by atoms with E-state index >= 15 is 0 Å². The fraction of sp³-hybridized carbons (Fsp3) is 0.316. The molecule has 0 aliphatic rings. The monoisotopic (exact) mass is 354 g/mol. The van der Waals surface area contributed by atoms with Crippen LogP contribution in [0.5, 0.6) is 0 Å². The van der Waals surface area contributed by atoms with Crippen LogP contribution < -0.4 is 5.32 Å². The van der Waals surface area contributed by atoms with Crippen LogP contribution >= 0.6 is 11.3 Å². The molecule has 25 heavy (non-hydrogen) atoms. The van der Waals surface area contributed by atoms with E-state index in [1.807, 2.05) is 29.9 Å². The van der Waals surface area contributed by atoms with Crippen molar-refractivity contribution in [2.75, 3.05) is 0 Å². The molecule has 0 fully saturated rings. The van der Waals surface area contributed by atoms with Gasteiger partial charge in [0.05, 0.1) is 23.6 Å². The first-order chi connectivity index (χ1) is 12.1. The molecule has 1 N–H and O–H groups in total. The summed E-state index contributed by atoms with van der Waals surface area (Å²) in [5.41, 5.74) is 2.68. The van der Waals surface area contributed by atoms with Crippen molar-refractivity contribution in [3.8, 4) is 0 Å². The van der Waals surface area contributed by atoms with Crippen LogP contribution in [0.4, 0.5) is 0 Å². The number of hydrogen-bond donors (Lipinski definition) is 1. The third kappa shape index (κ3) is 4.76. The van der Waals surface area contributed by atoms with E-state index in [9.17, 15) is 4.79 Å². The minimum atomic E-state index is -0.146. The highest BCUT2D eigenvalue weighted by Gasteiger charge is 2.12. The summed E-state index contributed by atoms with van der Waals surface area (Å²) in [5.74, 6) is 0.385. The van der Waals surface area contributed by atoms with Crippen molar-refractivity contribution >= 4 is 17.2 Å². The summed E-state index contributed by atoms with van der Waals surface area (Å²) >= 11 is 1.52. The number of benzene rings is 1. The maximum absolute atomic E-state index is 12.3. The van der Waals surface area contributed by atoms with E-state index < -0.39 is 0 Å². The van der Waals surface area contributed by atoms with Crippen LogP contribution in [-0.4, -0.2) is 20.4 Å². The summed E-state index contributed by atoms with van der Waals surface area (Å²) in [6.45, 7) is 5.66.